The lowest BCUT2D eigenvalue weighted by Crippen LogP contribution is -2.36. The molecule has 2 aromatic carbocycles. The highest BCUT2D eigenvalue weighted by Gasteiger charge is 2.29. The Morgan fingerprint density at radius 2 is 1.77 bits per heavy atom. The van der Waals surface area contributed by atoms with E-state index < -0.39 is 31.7 Å². The molecule has 0 unspecified atom stereocenters. The van der Waals surface area contributed by atoms with Gasteiger partial charge in [0.2, 0.25) is 5.52 Å². The fourth-order valence-electron chi connectivity index (χ4n) is 4.52. The molecule has 0 spiro atoms. The smallest absolute Gasteiger partial charge is 0.265 e. The number of thiophene rings is 1. The number of fused-ring (bicyclic) bond motifs is 2. The maximum atomic E-state index is 11.3. The van der Waals surface area contributed by atoms with Crippen LogP contribution in [0.15, 0.2) is 62.7 Å². The highest BCUT2D eigenvalue weighted by Crippen LogP contribution is 2.48. The SMILES string of the molecule is Cc1cc2c(cc1S)sc(C=C1Sc3ccc(-c4cccs4)cc3N1CCCS(=O)(=O)[O-])[n+]2CCCS(=O)(=O)[O-]. The van der Waals surface area contributed by atoms with Crippen LogP contribution in [-0.4, -0.2) is 44.0 Å². The van der Waals surface area contributed by atoms with Gasteiger partial charge in [0.25, 0.3) is 5.01 Å². The largest absolute Gasteiger partial charge is 0.748 e. The van der Waals surface area contributed by atoms with Crippen molar-refractivity contribution in [1.82, 2.24) is 0 Å². The first-order chi connectivity index (χ1) is 18.9. The molecule has 0 saturated carbocycles. The molecule has 212 valence electrons. The third-order valence-electron chi connectivity index (χ3n) is 6.38. The molecule has 4 aromatic rings. The number of hydrogen-bond acceptors (Lipinski definition) is 11. The number of rotatable bonds is 10. The molecule has 0 radical (unpaired) electrons. The van der Waals surface area contributed by atoms with Crippen LogP contribution in [0.2, 0.25) is 0 Å². The molecule has 3 heterocycles. The maximum Gasteiger partial charge on any atom is 0.265 e. The van der Waals surface area contributed by atoms with Gasteiger partial charge in [-0.1, -0.05) is 35.2 Å². The van der Waals surface area contributed by atoms with Crippen molar-refractivity contribution in [3.63, 3.8) is 0 Å². The van der Waals surface area contributed by atoms with Gasteiger partial charge in [0, 0.05) is 45.2 Å². The number of nitrogens with zero attached hydrogens (tertiary/aromatic N) is 2. The zero-order chi connectivity index (χ0) is 28.7. The molecule has 0 amide bonds. The van der Waals surface area contributed by atoms with Gasteiger partial charge < -0.3 is 14.0 Å². The minimum atomic E-state index is -4.35. The minimum Gasteiger partial charge on any atom is -0.748 e. The Morgan fingerprint density at radius 1 is 1.02 bits per heavy atom. The van der Waals surface area contributed by atoms with Crippen LogP contribution in [0.1, 0.15) is 23.4 Å². The average Bonchev–Trinajstić information content (AvgIpc) is 3.58. The first-order valence-corrected chi connectivity index (χ1v) is 18.4. The number of aryl methyl sites for hydroxylation is 2. The summed E-state index contributed by atoms with van der Waals surface area (Å²) in [5.41, 5.74) is 3.87. The van der Waals surface area contributed by atoms with Gasteiger partial charge in [0.1, 0.15) is 4.70 Å². The molecular formula is C26H25N2O6S6-. The zero-order valence-electron chi connectivity index (χ0n) is 21.3. The molecule has 0 atom stereocenters. The summed E-state index contributed by atoms with van der Waals surface area (Å²) in [6.07, 6.45) is 2.34. The fraction of sp³-hybridized carbons (Fsp3) is 0.269. The van der Waals surface area contributed by atoms with Gasteiger partial charge in [0.15, 0.2) is 6.54 Å². The Hall–Kier alpha value is -1.91. The molecule has 5 rings (SSSR count). The lowest BCUT2D eigenvalue weighted by Gasteiger charge is -2.21. The number of thiazole rings is 1. The zero-order valence-corrected chi connectivity index (χ0v) is 26.2. The number of hydrogen-bond donors (Lipinski definition) is 1. The van der Waals surface area contributed by atoms with Crippen molar-refractivity contribution in [2.45, 2.75) is 36.1 Å². The van der Waals surface area contributed by atoms with Crippen molar-refractivity contribution in [1.29, 1.82) is 0 Å². The Morgan fingerprint density at radius 3 is 2.48 bits per heavy atom. The van der Waals surface area contributed by atoms with Gasteiger partial charge >= 0.3 is 0 Å². The van der Waals surface area contributed by atoms with Gasteiger partial charge in [-0.2, -0.15) is 4.57 Å². The van der Waals surface area contributed by atoms with Crippen molar-refractivity contribution in [2.24, 2.45) is 0 Å². The molecule has 0 fully saturated rings. The van der Waals surface area contributed by atoms with E-state index in [1.54, 1.807) is 23.1 Å². The summed E-state index contributed by atoms with van der Waals surface area (Å²) < 4.78 is 70.8. The van der Waals surface area contributed by atoms with Gasteiger partial charge in [0.05, 0.1) is 37.0 Å². The second kappa shape index (κ2) is 11.8. The highest BCUT2D eigenvalue weighted by atomic mass is 32.2. The minimum absolute atomic E-state index is 0.169. The highest BCUT2D eigenvalue weighted by molar-refractivity contribution is 8.04. The first kappa shape index (κ1) is 29.6. The number of benzene rings is 2. The molecule has 8 nitrogen and oxygen atoms in total. The van der Waals surface area contributed by atoms with Crippen LogP contribution < -0.4 is 9.47 Å². The molecule has 14 heteroatoms. The Balaban J connectivity index is 1.56. The van der Waals surface area contributed by atoms with Crippen LogP contribution in [-0.2, 0) is 26.8 Å². The number of anilines is 1. The fourth-order valence-corrected chi connectivity index (χ4v) is 8.82. The van der Waals surface area contributed by atoms with E-state index in [2.05, 4.69) is 24.8 Å². The maximum absolute atomic E-state index is 11.3. The summed E-state index contributed by atoms with van der Waals surface area (Å²) in [4.78, 5) is 5.00. The van der Waals surface area contributed by atoms with E-state index in [9.17, 15) is 25.9 Å². The van der Waals surface area contributed by atoms with Crippen molar-refractivity contribution >= 4 is 89.3 Å². The average molecular weight is 654 g/mol. The van der Waals surface area contributed by atoms with E-state index in [0.29, 0.717) is 13.1 Å². The molecule has 1 aliphatic rings. The van der Waals surface area contributed by atoms with Crippen LogP contribution in [0.25, 0.3) is 26.7 Å². The van der Waals surface area contributed by atoms with Crippen LogP contribution in [0.5, 0.6) is 0 Å². The second-order valence-electron chi connectivity index (χ2n) is 9.33. The van der Waals surface area contributed by atoms with E-state index in [0.717, 1.165) is 51.7 Å². The van der Waals surface area contributed by atoms with Crippen LogP contribution in [0.3, 0.4) is 0 Å². The topological polar surface area (TPSA) is 122 Å². The van der Waals surface area contributed by atoms with E-state index in [-0.39, 0.29) is 12.8 Å². The monoisotopic (exact) mass is 653 g/mol. The van der Waals surface area contributed by atoms with Gasteiger partial charge in [-0.15, -0.1) is 24.0 Å². The molecule has 0 N–H and O–H groups in total. The predicted octanol–water partition coefficient (Wildman–Crippen LogP) is 5.30. The first-order valence-electron chi connectivity index (χ1n) is 12.3. The predicted molar refractivity (Wildman–Crippen MR) is 163 cm³/mol. The summed E-state index contributed by atoms with van der Waals surface area (Å²) in [5, 5.41) is 3.73. The molecular weight excluding hydrogens is 629 g/mol. The van der Waals surface area contributed by atoms with Crippen molar-refractivity contribution < 1.29 is 30.5 Å². The third kappa shape index (κ3) is 6.93. The molecule has 0 saturated heterocycles. The second-order valence-corrected chi connectivity index (χ2v) is 15.9. The summed E-state index contributed by atoms with van der Waals surface area (Å²) in [5.74, 6) is -0.920. The van der Waals surface area contributed by atoms with E-state index in [1.807, 2.05) is 58.2 Å². The lowest BCUT2D eigenvalue weighted by atomic mass is 10.1. The third-order valence-corrected chi connectivity index (χ3v) is 11.6. The Bertz CT molecular complexity index is 1810. The summed E-state index contributed by atoms with van der Waals surface area (Å²) in [6.45, 7) is 2.62. The normalized spacial score (nSPS) is 14.9. The van der Waals surface area contributed by atoms with Crippen molar-refractivity contribution in [2.75, 3.05) is 23.0 Å². The Kier molecular flexibility index (Phi) is 8.70. The number of thioether (sulfide) groups is 1. The van der Waals surface area contributed by atoms with E-state index in [1.165, 1.54) is 11.3 Å². The summed E-state index contributed by atoms with van der Waals surface area (Å²) >= 11 is 9.27. The van der Waals surface area contributed by atoms with Gasteiger partial charge in [-0.25, -0.2) is 16.8 Å². The van der Waals surface area contributed by atoms with E-state index >= 15 is 0 Å². The van der Waals surface area contributed by atoms with E-state index in [4.69, 9.17) is 0 Å². The number of aromatic nitrogens is 1. The standard InChI is InChI=1S/C26H26N2O6S6/c1-17-13-19-24(15-21(17)35)38-26(27(19)8-3-11-39(29,30)31)16-25-28(9-4-12-40(32,33)34)20-14-18(6-7-23(20)37-25)22-5-2-10-36-22/h2,5-7,10,13-16H,3-4,8-9,11-12H2,1H3,(H2-,29,30,31,32,33,34,35)/p-1. The molecule has 0 aliphatic carbocycles. The number of thiol groups is 1. The molecule has 2 aromatic heterocycles. The molecule has 1 aliphatic heterocycles. The lowest BCUT2D eigenvalue weighted by molar-refractivity contribution is -0.668. The van der Waals surface area contributed by atoms with Crippen molar-refractivity contribution in [3.8, 4) is 10.4 Å². The van der Waals surface area contributed by atoms with Gasteiger partial charge in [-0.3, -0.25) is 0 Å². The van der Waals surface area contributed by atoms with Crippen molar-refractivity contribution in [3.05, 3.63) is 63.4 Å². The summed E-state index contributed by atoms with van der Waals surface area (Å²) in [6, 6.07) is 14.2. The Labute approximate surface area is 251 Å². The van der Waals surface area contributed by atoms with Crippen LogP contribution in [0.4, 0.5) is 5.69 Å². The molecule has 40 heavy (non-hydrogen) atoms. The van der Waals surface area contributed by atoms with Crippen LogP contribution >= 0.6 is 47.1 Å². The van der Waals surface area contributed by atoms with Gasteiger partial charge in [-0.05, 0) is 54.1 Å². The quantitative estimate of drug-likeness (QED) is 0.139. The summed E-state index contributed by atoms with van der Waals surface area (Å²) in [7, 11) is -8.70. The van der Waals surface area contributed by atoms with Crippen LogP contribution in [0, 0.1) is 6.92 Å². The molecule has 0 bridgehead atoms.